The van der Waals surface area contributed by atoms with Gasteiger partial charge in [-0.25, -0.2) is 9.59 Å². The Labute approximate surface area is 192 Å². The number of esters is 1. The molecule has 9 nitrogen and oxygen atoms in total. The topological polar surface area (TPSA) is 103 Å². The molecule has 1 N–H and O–H groups in total. The van der Waals surface area contributed by atoms with Gasteiger partial charge >= 0.3 is 12.0 Å². The van der Waals surface area contributed by atoms with E-state index in [1.807, 2.05) is 38.1 Å². The summed E-state index contributed by atoms with van der Waals surface area (Å²) in [7, 11) is 2.97. The molecule has 33 heavy (non-hydrogen) atoms. The number of nitrogens with zero attached hydrogens (tertiary/aromatic N) is 2. The Kier molecular flexibility index (Phi) is 6.57. The van der Waals surface area contributed by atoms with Crippen LogP contribution in [-0.4, -0.2) is 61.5 Å². The maximum absolute atomic E-state index is 13.1. The van der Waals surface area contributed by atoms with Gasteiger partial charge in [-0.2, -0.15) is 0 Å². The number of benzene rings is 1. The van der Waals surface area contributed by atoms with Crippen LogP contribution in [0.15, 0.2) is 34.4 Å². The van der Waals surface area contributed by atoms with Crippen LogP contribution in [0.5, 0.6) is 11.5 Å². The van der Waals surface area contributed by atoms with Crippen molar-refractivity contribution in [3.05, 3.63) is 46.9 Å². The van der Waals surface area contributed by atoms with Gasteiger partial charge in [-0.15, -0.1) is 0 Å². The molecule has 0 spiro atoms. The van der Waals surface area contributed by atoms with Gasteiger partial charge in [0, 0.05) is 11.6 Å². The number of urea groups is 1. The largest absolute Gasteiger partial charge is 0.497 e. The predicted molar refractivity (Wildman–Crippen MR) is 120 cm³/mol. The molecule has 2 atom stereocenters. The van der Waals surface area contributed by atoms with E-state index in [1.165, 1.54) is 7.11 Å². The van der Waals surface area contributed by atoms with Crippen molar-refractivity contribution in [3.63, 3.8) is 0 Å². The Hall–Kier alpha value is -3.49. The maximum atomic E-state index is 13.1. The fourth-order valence-corrected chi connectivity index (χ4v) is 4.83. The van der Waals surface area contributed by atoms with Crippen LogP contribution in [0.2, 0.25) is 0 Å². The van der Waals surface area contributed by atoms with Gasteiger partial charge in [-0.1, -0.05) is 5.16 Å². The number of ether oxygens (including phenoxy) is 3. The number of carbonyl (C=O) groups excluding carboxylic acids is 2. The van der Waals surface area contributed by atoms with E-state index in [1.54, 1.807) is 12.0 Å². The molecule has 0 saturated carbocycles. The summed E-state index contributed by atoms with van der Waals surface area (Å²) in [6.45, 7) is 4.36. The quantitative estimate of drug-likeness (QED) is 0.505. The molecule has 9 heteroatoms. The van der Waals surface area contributed by atoms with Gasteiger partial charge in [0.2, 0.25) is 0 Å². The molecule has 1 aromatic heterocycles. The highest BCUT2D eigenvalue weighted by Crippen LogP contribution is 2.44. The lowest BCUT2D eigenvalue weighted by Gasteiger charge is -2.37. The molecular formula is C24H29N3O6. The van der Waals surface area contributed by atoms with Crippen LogP contribution >= 0.6 is 0 Å². The van der Waals surface area contributed by atoms with E-state index in [0.717, 1.165) is 29.0 Å². The molecule has 0 radical (unpaired) electrons. The third-order valence-corrected chi connectivity index (χ3v) is 6.28. The number of rotatable bonds is 7. The number of amides is 2. The van der Waals surface area contributed by atoms with Crippen molar-refractivity contribution in [2.45, 2.75) is 45.2 Å². The molecule has 3 heterocycles. The summed E-state index contributed by atoms with van der Waals surface area (Å²) >= 11 is 0. The van der Waals surface area contributed by atoms with Crippen molar-refractivity contribution >= 4 is 17.6 Å². The summed E-state index contributed by atoms with van der Waals surface area (Å²) in [5.41, 5.74) is 2.97. The Bertz CT molecular complexity index is 1040. The minimum Gasteiger partial charge on any atom is -0.497 e. The molecule has 2 aliphatic heterocycles. The van der Waals surface area contributed by atoms with E-state index < -0.39 is 5.97 Å². The zero-order valence-corrected chi connectivity index (χ0v) is 19.3. The summed E-state index contributed by atoms with van der Waals surface area (Å²) in [6, 6.07) is 6.70. The van der Waals surface area contributed by atoms with Crippen molar-refractivity contribution in [2.75, 3.05) is 27.4 Å². The van der Waals surface area contributed by atoms with Crippen LogP contribution in [-0.2, 0) is 9.53 Å². The minimum atomic E-state index is -0.420. The molecular weight excluding hydrogens is 426 g/mol. The first-order valence-electron chi connectivity index (χ1n) is 11.0. The summed E-state index contributed by atoms with van der Waals surface area (Å²) in [4.78, 5) is 27.6. The summed E-state index contributed by atoms with van der Waals surface area (Å²) in [6.07, 6.45) is 2.07. The smallest absolute Gasteiger partial charge is 0.336 e. The van der Waals surface area contributed by atoms with Crippen LogP contribution in [0.3, 0.4) is 0 Å². The third kappa shape index (κ3) is 4.40. The Morgan fingerprint density at radius 3 is 2.52 bits per heavy atom. The molecule has 1 aromatic carbocycles. The molecule has 2 bridgehead atoms. The van der Waals surface area contributed by atoms with Crippen molar-refractivity contribution in [3.8, 4) is 11.5 Å². The number of aryl methyl sites for hydroxylation is 2. The second kappa shape index (κ2) is 9.56. The fourth-order valence-electron chi connectivity index (χ4n) is 4.83. The van der Waals surface area contributed by atoms with E-state index in [4.69, 9.17) is 18.7 Å². The minimum absolute atomic E-state index is 0.00499. The van der Waals surface area contributed by atoms with Crippen LogP contribution < -0.4 is 14.8 Å². The van der Waals surface area contributed by atoms with Crippen molar-refractivity contribution < 1.29 is 28.3 Å². The molecule has 176 valence electrons. The molecule has 2 aromatic rings. The monoisotopic (exact) mass is 455 g/mol. The highest BCUT2D eigenvalue weighted by Gasteiger charge is 2.47. The zero-order valence-electron chi connectivity index (χ0n) is 19.3. The van der Waals surface area contributed by atoms with Gasteiger partial charge in [0.1, 0.15) is 23.9 Å². The van der Waals surface area contributed by atoms with Gasteiger partial charge in [0.25, 0.3) is 0 Å². The lowest BCUT2D eigenvalue weighted by atomic mass is 9.87. The van der Waals surface area contributed by atoms with Gasteiger partial charge in [-0.3, -0.25) is 0 Å². The molecule has 1 fully saturated rings. The third-order valence-electron chi connectivity index (χ3n) is 6.28. The number of aromatic nitrogens is 1. The lowest BCUT2D eigenvalue weighted by molar-refractivity contribution is -0.136. The summed E-state index contributed by atoms with van der Waals surface area (Å²) in [5.74, 6) is 1.69. The van der Waals surface area contributed by atoms with Crippen molar-refractivity contribution in [1.29, 1.82) is 0 Å². The van der Waals surface area contributed by atoms with Gasteiger partial charge < -0.3 is 29.0 Å². The normalized spacial score (nSPS) is 19.5. The molecule has 2 amide bonds. The van der Waals surface area contributed by atoms with E-state index in [-0.39, 0.29) is 18.1 Å². The van der Waals surface area contributed by atoms with E-state index >= 15 is 0 Å². The van der Waals surface area contributed by atoms with Crippen molar-refractivity contribution in [1.82, 2.24) is 15.4 Å². The number of carbonyl (C=O) groups is 2. The first-order valence-corrected chi connectivity index (χ1v) is 11.0. The van der Waals surface area contributed by atoms with Crippen LogP contribution in [0.4, 0.5) is 4.79 Å². The van der Waals surface area contributed by atoms with Crippen molar-refractivity contribution in [2.24, 2.45) is 0 Å². The average Bonchev–Trinajstić information content (AvgIpc) is 3.33. The number of methoxy groups -OCH3 is 2. The van der Waals surface area contributed by atoms with Crippen LogP contribution in [0.1, 0.15) is 36.3 Å². The number of nitrogens with one attached hydrogen (secondary N) is 1. The Morgan fingerprint density at radius 2 is 1.88 bits per heavy atom. The molecule has 1 saturated heterocycles. The summed E-state index contributed by atoms with van der Waals surface area (Å²) in [5, 5.41) is 6.97. The molecule has 4 rings (SSSR count). The number of fused-ring (bicyclic) bond motifs is 2. The second-order valence-corrected chi connectivity index (χ2v) is 8.20. The first-order chi connectivity index (χ1) is 15.9. The molecule has 0 unspecified atom stereocenters. The van der Waals surface area contributed by atoms with Crippen LogP contribution in [0.25, 0.3) is 5.57 Å². The highest BCUT2D eigenvalue weighted by atomic mass is 16.5. The first kappa shape index (κ1) is 22.7. The standard InChI is InChI=1S/C24H29N3O6/c1-14-21(15(2)33-26-14)19-13-16-5-10-20(22(19)23(28)31-4)27(16)24(29)25-11-12-32-18-8-6-17(30-3)7-9-18/h6-9,16,20H,5,10-13H2,1-4H3,(H,25,29)/t16-,20+/m0/s1. The fraction of sp³-hybridized carbons (Fsp3) is 0.458. The lowest BCUT2D eigenvalue weighted by Crippen LogP contribution is -2.51. The number of hydrogen-bond acceptors (Lipinski definition) is 7. The SMILES string of the molecule is COC(=O)C1=C(c2c(C)noc2C)C[C@@H]2CC[C@H]1N2C(=O)NCCOc1ccc(OC)cc1. The van der Waals surface area contributed by atoms with Gasteiger partial charge in [0.15, 0.2) is 0 Å². The Balaban J connectivity index is 1.45. The predicted octanol–water partition coefficient (Wildman–Crippen LogP) is 3.25. The summed E-state index contributed by atoms with van der Waals surface area (Å²) < 4.78 is 21.3. The van der Waals surface area contributed by atoms with Gasteiger partial charge in [-0.05, 0) is 62.9 Å². The zero-order chi connectivity index (χ0) is 23.5. The number of hydrogen-bond donors (Lipinski definition) is 1. The van der Waals surface area contributed by atoms with Crippen LogP contribution in [0, 0.1) is 13.8 Å². The highest BCUT2D eigenvalue weighted by molar-refractivity contribution is 6.01. The van der Waals surface area contributed by atoms with E-state index in [2.05, 4.69) is 10.5 Å². The Morgan fingerprint density at radius 1 is 1.15 bits per heavy atom. The average molecular weight is 456 g/mol. The molecule has 0 aliphatic carbocycles. The van der Waals surface area contributed by atoms with E-state index in [0.29, 0.717) is 43.1 Å². The van der Waals surface area contributed by atoms with Gasteiger partial charge in [0.05, 0.1) is 38.1 Å². The second-order valence-electron chi connectivity index (χ2n) is 8.20. The molecule has 2 aliphatic rings. The van der Waals surface area contributed by atoms with E-state index in [9.17, 15) is 9.59 Å². The maximum Gasteiger partial charge on any atom is 0.336 e.